The molecule has 3 rings (SSSR count). The normalized spacial score (nSPS) is 12.4. The fourth-order valence-electron chi connectivity index (χ4n) is 3.62. The van der Waals surface area contributed by atoms with E-state index in [0.29, 0.717) is 23.8 Å². The van der Waals surface area contributed by atoms with Crippen molar-refractivity contribution in [2.45, 2.75) is 45.9 Å². The summed E-state index contributed by atoms with van der Waals surface area (Å²) in [6, 6.07) is 19.2. The number of aromatic nitrogens is 2. The Morgan fingerprint density at radius 1 is 1.00 bits per heavy atom. The summed E-state index contributed by atoms with van der Waals surface area (Å²) in [7, 11) is -3.78. The Kier molecular flexibility index (Phi) is 8.95. The van der Waals surface area contributed by atoms with E-state index in [1.807, 2.05) is 81.4 Å². The fourth-order valence-corrected chi connectivity index (χ4v) is 4.09. The number of benzene rings is 2. The highest BCUT2D eigenvalue weighted by Crippen LogP contribution is 2.31. The number of ether oxygens (including phenoxy) is 1. The van der Waals surface area contributed by atoms with Gasteiger partial charge in [0, 0.05) is 23.8 Å². The molecule has 1 heterocycles. The molecule has 0 bridgehead atoms. The van der Waals surface area contributed by atoms with E-state index in [2.05, 4.69) is 4.72 Å². The smallest absolute Gasteiger partial charge is 0.283 e. The Bertz CT molecular complexity index is 1220. The average Bonchev–Trinajstić information content (AvgIpc) is 2.83. The third-order valence-electron chi connectivity index (χ3n) is 5.21. The fraction of sp³-hybridized carbons (Fsp3) is 0.346. The van der Waals surface area contributed by atoms with Crippen molar-refractivity contribution in [2.75, 3.05) is 17.8 Å². The first-order chi connectivity index (χ1) is 16.7. The van der Waals surface area contributed by atoms with Crippen molar-refractivity contribution < 1.29 is 17.9 Å². The number of amides is 1. The second kappa shape index (κ2) is 11.9. The predicted octanol–water partition coefficient (Wildman–Crippen LogP) is 4.24. The van der Waals surface area contributed by atoms with Crippen LogP contribution in [0.15, 0.2) is 66.9 Å². The molecule has 0 aliphatic rings. The molecule has 3 aromatic rings. The van der Waals surface area contributed by atoms with Crippen LogP contribution in [0.4, 0.5) is 5.82 Å². The molecule has 1 amide bonds. The lowest BCUT2D eigenvalue weighted by Crippen LogP contribution is -2.53. The lowest BCUT2D eigenvalue weighted by molar-refractivity contribution is -0.131. The van der Waals surface area contributed by atoms with E-state index in [0.717, 1.165) is 30.2 Å². The Labute approximate surface area is 207 Å². The number of hydrogen-bond donors (Lipinski definition) is 1. The van der Waals surface area contributed by atoms with E-state index in [1.165, 1.54) is 0 Å². The van der Waals surface area contributed by atoms with Crippen LogP contribution >= 0.6 is 0 Å². The molecule has 186 valence electrons. The van der Waals surface area contributed by atoms with Crippen molar-refractivity contribution in [1.29, 1.82) is 0 Å². The van der Waals surface area contributed by atoms with Crippen molar-refractivity contribution in [3.63, 3.8) is 0 Å². The zero-order chi connectivity index (χ0) is 25.4. The zero-order valence-electron chi connectivity index (χ0n) is 20.5. The molecule has 1 N–H and O–H groups in total. The first-order valence-electron chi connectivity index (χ1n) is 11.6. The van der Waals surface area contributed by atoms with Gasteiger partial charge in [-0.1, -0.05) is 74.0 Å². The highest BCUT2D eigenvalue weighted by Gasteiger charge is 2.32. The topological polar surface area (TPSA) is 101 Å². The van der Waals surface area contributed by atoms with Crippen LogP contribution in [0.1, 0.15) is 33.6 Å². The largest absolute Gasteiger partial charge is 0.349 e. The number of unbranched alkanes of at least 4 members (excludes halogenated alkanes) is 1. The van der Waals surface area contributed by atoms with E-state index in [-0.39, 0.29) is 6.04 Å². The predicted molar refractivity (Wildman–Crippen MR) is 138 cm³/mol. The standard InChI is InChI=1S/C26H32N4O4S/c1-5-6-17-34-26(25(31)29-35(4,32)33)30(19(2)3)22-18-27-23(20-13-9-7-10-14-20)24(28-22)21-15-11-8-12-16-21/h7-16,18-19,26H,5-6,17H2,1-4H3,(H,29,31). The van der Waals surface area contributed by atoms with E-state index in [4.69, 9.17) is 14.7 Å². The van der Waals surface area contributed by atoms with Crippen LogP contribution < -0.4 is 9.62 Å². The van der Waals surface area contributed by atoms with Gasteiger partial charge in [-0.05, 0) is 20.3 Å². The van der Waals surface area contributed by atoms with Gasteiger partial charge in [0.25, 0.3) is 5.91 Å². The van der Waals surface area contributed by atoms with Gasteiger partial charge in [-0.15, -0.1) is 0 Å². The number of anilines is 1. The number of carbonyl (C=O) groups excluding carboxylic acids is 1. The minimum Gasteiger partial charge on any atom is -0.349 e. The number of nitrogens with one attached hydrogen (secondary N) is 1. The minimum atomic E-state index is -3.78. The van der Waals surface area contributed by atoms with Gasteiger partial charge >= 0.3 is 0 Å². The highest BCUT2D eigenvalue weighted by atomic mass is 32.2. The molecule has 0 aliphatic heterocycles. The first kappa shape index (κ1) is 26.3. The van der Waals surface area contributed by atoms with Crippen LogP contribution in [0.3, 0.4) is 0 Å². The van der Waals surface area contributed by atoms with E-state index >= 15 is 0 Å². The van der Waals surface area contributed by atoms with Crippen molar-refractivity contribution in [3.05, 3.63) is 66.9 Å². The molecule has 0 aliphatic carbocycles. The molecule has 35 heavy (non-hydrogen) atoms. The van der Waals surface area contributed by atoms with Gasteiger partial charge in [-0.3, -0.25) is 9.78 Å². The van der Waals surface area contributed by atoms with Gasteiger partial charge < -0.3 is 9.64 Å². The van der Waals surface area contributed by atoms with Crippen molar-refractivity contribution >= 4 is 21.7 Å². The minimum absolute atomic E-state index is 0.243. The molecule has 0 saturated carbocycles. The summed E-state index contributed by atoms with van der Waals surface area (Å²) >= 11 is 0. The third kappa shape index (κ3) is 7.10. The second-order valence-corrected chi connectivity index (χ2v) is 10.2. The van der Waals surface area contributed by atoms with Gasteiger partial charge in [-0.2, -0.15) is 0 Å². The van der Waals surface area contributed by atoms with Crippen LogP contribution in [0.5, 0.6) is 0 Å². The number of carbonyl (C=O) groups is 1. The van der Waals surface area contributed by atoms with Gasteiger partial charge in [0.15, 0.2) is 5.82 Å². The lowest BCUT2D eigenvalue weighted by Gasteiger charge is -2.34. The summed E-state index contributed by atoms with van der Waals surface area (Å²) in [5, 5.41) is 0. The summed E-state index contributed by atoms with van der Waals surface area (Å²) in [6.07, 6.45) is 2.93. The number of rotatable bonds is 11. The van der Waals surface area contributed by atoms with Crippen LogP contribution in [-0.2, 0) is 19.6 Å². The number of nitrogens with zero attached hydrogens (tertiary/aromatic N) is 3. The molecular formula is C26H32N4O4S. The summed E-state index contributed by atoms with van der Waals surface area (Å²) in [6.45, 7) is 6.08. The van der Waals surface area contributed by atoms with Crippen LogP contribution in [0.2, 0.25) is 0 Å². The van der Waals surface area contributed by atoms with Crippen LogP contribution in [0, 0.1) is 0 Å². The van der Waals surface area contributed by atoms with E-state index in [9.17, 15) is 13.2 Å². The molecule has 9 heteroatoms. The van der Waals surface area contributed by atoms with Crippen molar-refractivity contribution in [1.82, 2.24) is 14.7 Å². The maximum absolute atomic E-state index is 13.0. The maximum atomic E-state index is 13.0. The molecule has 0 radical (unpaired) electrons. The van der Waals surface area contributed by atoms with Crippen LogP contribution in [0.25, 0.3) is 22.5 Å². The van der Waals surface area contributed by atoms with Crippen molar-refractivity contribution in [2.24, 2.45) is 0 Å². The molecule has 0 spiro atoms. The average molecular weight is 497 g/mol. The monoisotopic (exact) mass is 496 g/mol. The molecule has 2 aromatic carbocycles. The SMILES string of the molecule is CCCCOC(C(=O)NS(C)(=O)=O)N(c1cnc(-c2ccccc2)c(-c2ccccc2)n1)C(C)C. The summed E-state index contributed by atoms with van der Waals surface area (Å²) in [5.74, 6) is -0.365. The molecule has 8 nitrogen and oxygen atoms in total. The zero-order valence-corrected chi connectivity index (χ0v) is 21.3. The first-order valence-corrected chi connectivity index (χ1v) is 13.5. The van der Waals surface area contributed by atoms with E-state index < -0.39 is 22.2 Å². The third-order valence-corrected chi connectivity index (χ3v) is 5.78. The van der Waals surface area contributed by atoms with Crippen molar-refractivity contribution in [3.8, 4) is 22.5 Å². The molecular weight excluding hydrogens is 464 g/mol. The van der Waals surface area contributed by atoms with E-state index in [1.54, 1.807) is 11.1 Å². The van der Waals surface area contributed by atoms with Crippen LogP contribution in [-0.4, -0.2) is 49.4 Å². The number of hydrogen-bond acceptors (Lipinski definition) is 7. The Morgan fingerprint density at radius 3 is 2.09 bits per heavy atom. The Balaban J connectivity index is 2.12. The molecule has 0 fully saturated rings. The van der Waals surface area contributed by atoms with Gasteiger partial charge in [0.05, 0.1) is 23.8 Å². The maximum Gasteiger partial charge on any atom is 0.283 e. The lowest BCUT2D eigenvalue weighted by atomic mass is 10.0. The summed E-state index contributed by atoms with van der Waals surface area (Å²) in [4.78, 5) is 24.3. The molecule has 0 saturated heterocycles. The highest BCUT2D eigenvalue weighted by molar-refractivity contribution is 7.89. The summed E-state index contributed by atoms with van der Waals surface area (Å²) in [5.41, 5.74) is 3.13. The van der Waals surface area contributed by atoms with Gasteiger partial charge in [0.2, 0.25) is 16.3 Å². The number of sulfonamides is 1. The Hall–Kier alpha value is -3.30. The van der Waals surface area contributed by atoms with Gasteiger partial charge in [0.1, 0.15) is 0 Å². The molecule has 1 aromatic heterocycles. The molecule has 1 atom stereocenters. The molecule has 1 unspecified atom stereocenters. The second-order valence-electron chi connectivity index (χ2n) is 8.47. The Morgan fingerprint density at radius 2 is 1.57 bits per heavy atom. The summed E-state index contributed by atoms with van der Waals surface area (Å²) < 4.78 is 31.6. The van der Waals surface area contributed by atoms with Gasteiger partial charge in [-0.25, -0.2) is 18.1 Å². The quantitative estimate of drug-likeness (QED) is 0.313.